The minimum Gasteiger partial charge on any atom is -0.496 e. The van der Waals surface area contributed by atoms with Gasteiger partial charge in [-0.15, -0.1) is 0 Å². The summed E-state index contributed by atoms with van der Waals surface area (Å²) in [5, 5.41) is 6.04. The van der Waals surface area contributed by atoms with Gasteiger partial charge in [-0.25, -0.2) is 9.97 Å². The van der Waals surface area contributed by atoms with Gasteiger partial charge in [-0.3, -0.25) is 4.79 Å². The Hall–Kier alpha value is -3.41. The maximum Gasteiger partial charge on any atom is 0.258 e. The molecule has 0 fully saturated rings. The zero-order valence-corrected chi connectivity index (χ0v) is 15.6. The van der Waals surface area contributed by atoms with E-state index in [1.54, 1.807) is 7.11 Å². The van der Waals surface area contributed by atoms with Crippen molar-refractivity contribution in [2.75, 3.05) is 17.7 Å². The molecule has 1 heterocycles. The van der Waals surface area contributed by atoms with Crippen LogP contribution in [0.5, 0.6) is 5.75 Å². The highest BCUT2D eigenvalue weighted by Crippen LogP contribution is 2.19. The summed E-state index contributed by atoms with van der Waals surface area (Å²) < 4.78 is 5.33. The predicted octanol–water partition coefficient (Wildman–Crippen LogP) is 3.97. The van der Waals surface area contributed by atoms with E-state index in [2.05, 4.69) is 20.6 Å². The van der Waals surface area contributed by atoms with Gasteiger partial charge in [-0.2, -0.15) is 0 Å². The molecule has 0 radical (unpaired) electrons. The van der Waals surface area contributed by atoms with Gasteiger partial charge in [-0.05, 0) is 37.1 Å². The quantitative estimate of drug-likeness (QED) is 0.694. The molecule has 6 nitrogen and oxygen atoms in total. The Bertz CT molecular complexity index is 939. The second-order valence-electron chi connectivity index (χ2n) is 6.23. The fourth-order valence-electron chi connectivity index (χ4n) is 2.62. The van der Waals surface area contributed by atoms with Crippen molar-refractivity contribution >= 4 is 17.5 Å². The van der Waals surface area contributed by atoms with Crippen LogP contribution in [0.2, 0.25) is 0 Å². The number of carbonyl (C=O) groups is 1. The lowest BCUT2D eigenvalue weighted by molar-refractivity contribution is 0.102. The van der Waals surface area contributed by atoms with E-state index in [1.807, 2.05) is 56.3 Å². The third kappa shape index (κ3) is 4.61. The van der Waals surface area contributed by atoms with Crippen LogP contribution in [0.1, 0.15) is 27.0 Å². The van der Waals surface area contributed by atoms with Crippen molar-refractivity contribution in [3.63, 3.8) is 0 Å². The van der Waals surface area contributed by atoms with E-state index in [1.165, 1.54) is 12.4 Å². The normalized spacial score (nSPS) is 10.3. The first-order chi connectivity index (χ1) is 13.1. The number of aryl methyl sites for hydroxylation is 2. The highest BCUT2D eigenvalue weighted by atomic mass is 16.5. The SMILES string of the molecule is COc1ccccc1CNc1ncc(C(=O)Nc2cc(C)ccc2C)cn1. The van der Waals surface area contributed by atoms with Crippen molar-refractivity contribution in [1.82, 2.24) is 9.97 Å². The largest absolute Gasteiger partial charge is 0.496 e. The van der Waals surface area contributed by atoms with Gasteiger partial charge < -0.3 is 15.4 Å². The summed E-state index contributed by atoms with van der Waals surface area (Å²) in [5.41, 5.74) is 4.28. The lowest BCUT2D eigenvalue weighted by Crippen LogP contribution is -2.14. The second-order valence-corrected chi connectivity index (χ2v) is 6.23. The summed E-state index contributed by atoms with van der Waals surface area (Å²) in [6.07, 6.45) is 3.02. The van der Waals surface area contributed by atoms with Gasteiger partial charge in [0.25, 0.3) is 5.91 Å². The Labute approximate surface area is 158 Å². The molecule has 1 amide bonds. The minimum atomic E-state index is -0.236. The Kier molecular flexibility index (Phi) is 5.66. The third-order valence-corrected chi connectivity index (χ3v) is 4.18. The van der Waals surface area contributed by atoms with Crippen LogP contribution in [-0.4, -0.2) is 23.0 Å². The summed E-state index contributed by atoms with van der Waals surface area (Å²) in [5.74, 6) is 1.01. The van der Waals surface area contributed by atoms with Crippen LogP contribution >= 0.6 is 0 Å². The molecule has 0 aliphatic rings. The van der Waals surface area contributed by atoms with E-state index in [0.29, 0.717) is 18.1 Å². The number of benzene rings is 2. The third-order valence-electron chi connectivity index (χ3n) is 4.18. The lowest BCUT2D eigenvalue weighted by atomic mass is 10.1. The number of methoxy groups -OCH3 is 1. The first-order valence-electron chi connectivity index (χ1n) is 8.63. The number of nitrogens with one attached hydrogen (secondary N) is 2. The van der Waals surface area contributed by atoms with Gasteiger partial charge in [0.15, 0.2) is 0 Å². The first-order valence-corrected chi connectivity index (χ1v) is 8.63. The van der Waals surface area contributed by atoms with Crippen LogP contribution in [0, 0.1) is 13.8 Å². The molecule has 3 aromatic rings. The molecule has 2 aromatic carbocycles. The van der Waals surface area contributed by atoms with Crippen molar-refractivity contribution in [2.24, 2.45) is 0 Å². The number of amides is 1. The molecule has 0 saturated carbocycles. The Morgan fingerprint density at radius 3 is 2.56 bits per heavy atom. The molecule has 27 heavy (non-hydrogen) atoms. The summed E-state index contributed by atoms with van der Waals surface area (Å²) in [6.45, 7) is 4.47. The Balaban J connectivity index is 1.64. The molecule has 2 N–H and O–H groups in total. The van der Waals surface area contributed by atoms with Gasteiger partial charge >= 0.3 is 0 Å². The van der Waals surface area contributed by atoms with E-state index < -0.39 is 0 Å². The average Bonchev–Trinajstić information content (AvgIpc) is 2.69. The molecule has 3 rings (SSSR count). The molecule has 6 heteroatoms. The molecule has 0 aliphatic heterocycles. The number of hydrogen-bond acceptors (Lipinski definition) is 5. The van der Waals surface area contributed by atoms with Crippen LogP contribution in [0.3, 0.4) is 0 Å². The van der Waals surface area contributed by atoms with E-state index in [9.17, 15) is 4.79 Å². The first kappa shape index (κ1) is 18.4. The van der Waals surface area contributed by atoms with E-state index in [-0.39, 0.29) is 5.91 Å². The highest BCUT2D eigenvalue weighted by molar-refractivity contribution is 6.04. The van der Waals surface area contributed by atoms with Crippen molar-refractivity contribution < 1.29 is 9.53 Å². The molecule has 0 atom stereocenters. The molecule has 0 unspecified atom stereocenters. The van der Waals surface area contributed by atoms with Crippen LogP contribution in [0.15, 0.2) is 54.9 Å². The monoisotopic (exact) mass is 362 g/mol. The van der Waals surface area contributed by atoms with Crippen molar-refractivity contribution in [3.8, 4) is 5.75 Å². The van der Waals surface area contributed by atoms with Crippen molar-refractivity contribution in [1.29, 1.82) is 0 Å². The lowest BCUT2D eigenvalue weighted by Gasteiger charge is -2.10. The molecular formula is C21H22N4O2. The molecular weight excluding hydrogens is 340 g/mol. The topological polar surface area (TPSA) is 76.1 Å². The number of carbonyl (C=O) groups excluding carboxylic acids is 1. The van der Waals surface area contributed by atoms with E-state index >= 15 is 0 Å². The number of aromatic nitrogens is 2. The molecule has 0 saturated heterocycles. The average molecular weight is 362 g/mol. The molecule has 0 bridgehead atoms. The van der Waals surface area contributed by atoms with Crippen LogP contribution in [0.4, 0.5) is 11.6 Å². The van der Waals surface area contributed by atoms with Crippen molar-refractivity contribution in [2.45, 2.75) is 20.4 Å². The number of ether oxygens (including phenoxy) is 1. The summed E-state index contributed by atoms with van der Waals surface area (Å²) in [6, 6.07) is 13.7. The number of hydrogen-bond donors (Lipinski definition) is 2. The van der Waals surface area contributed by atoms with Crippen LogP contribution < -0.4 is 15.4 Å². The maximum absolute atomic E-state index is 12.4. The fourth-order valence-corrected chi connectivity index (χ4v) is 2.62. The van der Waals surface area contributed by atoms with Crippen LogP contribution in [-0.2, 0) is 6.54 Å². The van der Waals surface area contributed by atoms with Gasteiger partial charge in [0.2, 0.25) is 5.95 Å². The fraction of sp³-hybridized carbons (Fsp3) is 0.190. The van der Waals surface area contributed by atoms with Gasteiger partial charge in [-0.1, -0.05) is 30.3 Å². The number of nitrogens with zero attached hydrogens (tertiary/aromatic N) is 2. The zero-order chi connectivity index (χ0) is 19.2. The second kappa shape index (κ2) is 8.31. The zero-order valence-electron chi connectivity index (χ0n) is 15.6. The smallest absolute Gasteiger partial charge is 0.258 e. The number of anilines is 2. The van der Waals surface area contributed by atoms with Gasteiger partial charge in [0.05, 0.1) is 12.7 Å². The van der Waals surface area contributed by atoms with E-state index in [4.69, 9.17) is 4.74 Å². The minimum absolute atomic E-state index is 0.236. The summed E-state index contributed by atoms with van der Waals surface area (Å²) in [4.78, 5) is 20.9. The maximum atomic E-state index is 12.4. The van der Waals surface area contributed by atoms with Crippen molar-refractivity contribution in [3.05, 3.63) is 77.1 Å². The number of para-hydroxylation sites is 1. The van der Waals surface area contributed by atoms with Gasteiger partial charge in [0.1, 0.15) is 5.75 Å². The summed E-state index contributed by atoms with van der Waals surface area (Å²) >= 11 is 0. The predicted molar refractivity (Wildman–Crippen MR) is 106 cm³/mol. The van der Waals surface area contributed by atoms with E-state index in [0.717, 1.165) is 28.1 Å². The molecule has 1 aromatic heterocycles. The Morgan fingerprint density at radius 2 is 1.81 bits per heavy atom. The van der Waals surface area contributed by atoms with Gasteiger partial charge in [0, 0.05) is 30.2 Å². The summed E-state index contributed by atoms with van der Waals surface area (Å²) in [7, 11) is 1.64. The Morgan fingerprint density at radius 1 is 1.07 bits per heavy atom. The molecule has 0 spiro atoms. The highest BCUT2D eigenvalue weighted by Gasteiger charge is 2.10. The number of rotatable bonds is 6. The standard InChI is InChI=1S/C21H22N4O2/c1-14-8-9-15(2)18(10-14)25-20(26)17-12-23-21(24-13-17)22-11-16-6-4-5-7-19(16)27-3/h4-10,12-13H,11H2,1-3H3,(H,25,26)(H,22,23,24). The van der Waals surface area contributed by atoms with Crippen LogP contribution in [0.25, 0.3) is 0 Å². The molecule has 138 valence electrons. The molecule has 0 aliphatic carbocycles.